The van der Waals surface area contributed by atoms with Crippen LogP contribution < -0.4 is 16.6 Å². The van der Waals surface area contributed by atoms with E-state index in [1.807, 2.05) is 30.3 Å². The number of carbonyl (C=O) groups excluding carboxylic acids is 1. The van der Waals surface area contributed by atoms with E-state index in [0.29, 0.717) is 12.2 Å². The SMILES string of the molecule is Cl.NCC1(NC(=O)Cn2nc(-c3ccccc3)ccc2=O)CCCC1. The summed E-state index contributed by atoms with van der Waals surface area (Å²) in [7, 11) is 0. The van der Waals surface area contributed by atoms with E-state index in [1.165, 1.54) is 10.7 Å². The molecule has 1 aliphatic rings. The van der Waals surface area contributed by atoms with E-state index < -0.39 is 0 Å². The number of benzene rings is 1. The van der Waals surface area contributed by atoms with E-state index in [1.54, 1.807) is 6.07 Å². The Kier molecular flexibility index (Phi) is 6.33. The van der Waals surface area contributed by atoms with Crippen LogP contribution in [0.5, 0.6) is 0 Å². The number of nitrogens with zero attached hydrogens (tertiary/aromatic N) is 2. The minimum absolute atomic E-state index is 0. The van der Waals surface area contributed by atoms with Crippen LogP contribution in [0, 0.1) is 0 Å². The lowest BCUT2D eigenvalue weighted by Crippen LogP contribution is -2.53. The van der Waals surface area contributed by atoms with Crippen molar-refractivity contribution in [2.24, 2.45) is 5.73 Å². The van der Waals surface area contributed by atoms with Gasteiger partial charge in [-0.25, -0.2) is 4.68 Å². The number of nitrogens with one attached hydrogen (secondary N) is 1. The maximum atomic E-state index is 12.4. The van der Waals surface area contributed by atoms with E-state index >= 15 is 0 Å². The van der Waals surface area contributed by atoms with Crippen LogP contribution in [-0.4, -0.2) is 27.8 Å². The summed E-state index contributed by atoms with van der Waals surface area (Å²) in [5.41, 5.74) is 6.79. The van der Waals surface area contributed by atoms with Crippen LogP contribution in [-0.2, 0) is 11.3 Å². The summed E-state index contributed by atoms with van der Waals surface area (Å²) in [6.07, 6.45) is 3.92. The molecule has 7 heteroatoms. The summed E-state index contributed by atoms with van der Waals surface area (Å²) < 4.78 is 1.21. The monoisotopic (exact) mass is 362 g/mol. The summed E-state index contributed by atoms with van der Waals surface area (Å²) in [6.45, 7) is 0.326. The van der Waals surface area contributed by atoms with E-state index in [2.05, 4.69) is 10.4 Å². The Morgan fingerprint density at radius 1 is 1.16 bits per heavy atom. The molecular weight excluding hydrogens is 340 g/mol. The molecule has 25 heavy (non-hydrogen) atoms. The summed E-state index contributed by atoms with van der Waals surface area (Å²) in [6, 6.07) is 12.7. The zero-order valence-electron chi connectivity index (χ0n) is 14.0. The predicted molar refractivity (Wildman–Crippen MR) is 99.6 cm³/mol. The lowest BCUT2D eigenvalue weighted by Gasteiger charge is -2.28. The van der Waals surface area contributed by atoms with Crippen molar-refractivity contribution in [2.45, 2.75) is 37.8 Å². The predicted octanol–water partition coefficient (Wildman–Crippen LogP) is 1.72. The van der Waals surface area contributed by atoms with Gasteiger partial charge in [0.05, 0.1) is 11.2 Å². The number of halogens is 1. The Hall–Kier alpha value is -2.18. The number of aromatic nitrogens is 2. The molecule has 1 aromatic heterocycles. The molecule has 0 unspecified atom stereocenters. The highest BCUT2D eigenvalue weighted by Crippen LogP contribution is 2.28. The van der Waals surface area contributed by atoms with Crippen molar-refractivity contribution in [1.82, 2.24) is 15.1 Å². The van der Waals surface area contributed by atoms with Crippen molar-refractivity contribution in [3.05, 3.63) is 52.8 Å². The zero-order valence-corrected chi connectivity index (χ0v) is 14.8. The third-order valence-corrected chi connectivity index (χ3v) is 4.59. The summed E-state index contributed by atoms with van der Waals surface area (Å²) in [5, 5.41) is 7.33. The van der Waals surface area contributed by atoms with Gasteiger partial charge in [-0.2, -0.15) is 5.10 Å². The summed E-state index contributed by atoms with van der Waals surface area (Å²) in [5.74, 6) is -0.220. The molecule has 3 N–H and O–H groups in total. The first-order chi connectivity index (χ1) is 11.6. The van der Waals surface area contributed by atoms with Crippen molar-refractivity contribution in [1.29, 1.82) is 0 Å². The standard InChI is InChI=1S/C18H22N4O2.ClH/c19-13-18(10-4-5-11-18)20-16(23)12-22-17(24)9-8-15(21-22)14-6-2-1-3-7-14;/h1-3,6-9H,4-5,10-13,19H2,(H,20,23);1H. The van der Waals surface area contributed by atoms with Crippen LogP contribution in [0.2, 0.25) is 0 Å². The van der Waals surface area contributed by atoms with Crippen LogP contribution >= 0.6 is 12.4 Å². The Bertz CT molecular complexity index is 770. The van der Waals surface area contributed by atoms with Gasteiger partial charge in [-0.05, 0) is 18.9 Å². The average molecular weight is 363 g/mol. The van der Waals surface area contributed by atoms with Crippen molar-refractivity contribution in [3.8, 4) is 11.3 Å². The van der Waals surface area contributed by atoms with Gasteiger partial charge in [0.25, 0.3) is 5.56 Å². The minimum atomic E-state index is -0.322. The number of amides is 1. The van der Waals surface area contributed by atoms with Gasteiger partial charge >= 0.3 is 0 Å². The Morgan fingerprint density at radius 3 is 2.48 bits per heavy atom. The molecule has 1 fully saturated rings. The number of hydrogen-bond donors (Lipinski definition) is 2. The van der Waals surface area contributed by atoms with Crippen molar-refractivity contribution < 1.29 is 4.79 Å². The molecule has 0 bridgehead atoms. The van der Waals surface area contributed by atoms with Gasteiger partial charge in [-0.1, -0.05) is 43.2 Å². The Morgan fingerprint density at radius 2 is 1.84 bits per heavy atom. The van der Waals surface area contributed by atoms with Gasteiger partial charge in [-0.3, -0.25) is 9.59 Å². The smallest absolute Gasteiger partial charge is 0.267 e. The third-order valence-electron chi connectivity index (χ3n) is 4.59. The maximum absolute atomic E-state index is 12.4. The molecular formula is C18H23ClN4O2. The molecule has 134 valence electrons. The first kappa shape index (κ1) is 19.1. The Labute approximate surface area is 152 Å². The molecule has 1 aromatic carbocycles. The number of nitrogens with two attached hydrogens (primary N) is 1. The minimum Gasteiger partial charge on any atom is -0.348 e. The lowest BCUT2D eigenvalue weighted by atomic mass is 9.98. The lowest BCUT2D eigenvalue weighted by molar-refractivity contribution is -0.123. The van der Waals surface area contributed by atoms with Crippen LogP contribution in [0.15, 0.2) is 47.3 Å². The molecule has 1 saturated carbocycles. The average Bonchev–Trinajstić information content (AvgIpc) is 3.06. The van der Waals surface area contributed by atoms with E-state index in [9.17, 15) is 9.59 Å². The number of hydrogen-bond acceptors (Lipinski definition) is 4. The third kappa shape index (κ3) is 4.46. The molecule has 6 nitrogen and oxygen atoms in total. The highest BCUT2D eigenvalue weighted by Gasteiger charge is 2.33. The fourth-order valence-corrected chi connectivity index (χ4v) is 3.23. The molecule has 0 spiro atoms. The van der Waals surface area contributed by atoms with Crippen molar-refractivity contribution in [3.63, 3.8) is 0 Å². The zero-order chi connectivity index (χ0) is 17.0. The topological polar surface area (TPSA) is 90.0 Å². The Balaban J connectivity index is 0.00000225. The van der Waals surface area contributed by atoms with Gasteiger partial charge in [0, 0.05) is 18.2 Å². The van der Waals surface area contributed by atoms with Crippen LogP contribution in [0.4, 0.5) is 0 Å². The number of carbonyl (C=O) groups is 1. The summed E-state index contributed by atoms with van der Waals surface area (Å²) in [4.78, 5) is 24.4. The van der Waals surface area contributed by atoms with Crippen LogP contribution in [0.1, 0.15) is 25.7 Å². The molecule has 1 amide bonds. The van der Waals surface area contributed by atoms with Gasteiger partial charge in [0.2, 0.25) is 5.91 Å². The van der Waals surface area contributed by atoms with Crippen molar-refractivity contribution >= 4 is 18.3 Å². The van der Waals surface area contributed by atoms with E-state index in [4.69, 9.17) is 5.73 Å². The van der Waals surface area contributed by atoms with Crippen LogP contribution in [0.3, 0.4) is 0 Å². The van der Waals surface area contributed by atoms with Crippen molar-refractivity contribution in [2.75, 3.05) is 6.54 Å². The molecule has 0 radical (unpaired) electrons. The first-order valence-electron chi connectivity index (χ1n) is 8.27. The molecule has 3 rings (SSSR count). The van der Waals surface area contributed by atoms with Gasteiger partial charge < -0.3 is 11.1 Å². The quantitative estimate of drug-likeness (QED) is 0.847. The molecule has 0 aliphatic heterocycles. The second-order valence-electron chi connectivity index (χ2n) is 6.32. The fraction of sp³-hybridized carbons (Fsp3) is 0.389. The largest absolute Gasteiger partial charge is 0.348 e. The van der Waals surface area contributed by atoms with Gasteiger partial charge in [0.15, 0.2) is 0 Å². The second kappa shape index (κ2) is 8.27. The van der Waals surface area contributed by atoms with Gasteiger partial charge in [0.1, 0.15) is 6.54 Å². The number of rotatable bonds is 5. The molecule has 0 atom stereocenters. The van der Waals surface area contributed by atoms with E-state index in [-0.39, 0.29) is 36.0 Å². The highest BCUT2D eigenvalue weighted by molar-refractivity contribution is 5.85. The fourth-order valence-electron chi connectivity index (χ4n) is 3.23. The molecule has 1 aliphatic carbocycles. The van der Waals surface area contributed by atoms with Crippen LogP contribution in [0.25, 0.3) is 11.3 Å². The molecule has 1 heterocycles. The maximum Gasteiger partial charge on any atom is 0.267 e. The molecule has 2 aromatic rings. The molecule has 0 saturated heterocycles. The van der Waals surface area contributed by atoms with Gasteiger partial charge in [-0.15, -0.1) is 12.4 Å². The first-order valence-corrected chi connectivity index (χ1v) is 8.27. The highest BCUT2D eigenvalue weighted by atomic mass is 35.5. The second-order valence-corrected chi connectivity index (χ2v) is 6.32. The normalized spacial score (nSPS) is 15.4. The summed E-state index contributed by atoms with van der Waals surface area (Å²) >= 11 is 0. The van der Waals surface area contributed by atoms with E-state index in [0.717, 1.165) is 31.2 Å².